The molecule has 10 heteroatoms. The van der Waals surface area contributed by atoms with Gasteiger partial charge in [0.2, 0.25) is 0 Å². The van der Waals surface area contributed by atoms with Crippen LogP contribution >= 0.6 is 9.64 Å². The molecule has 0 saturated carbocycles. The molecule has 0 aromatic carbocycles. The molecule has 0 spiro atoms. The van der Waals surface area contributed by atoms with Gasteiger partial charge in [0.15, 0.2) is 11.6 Å². The van der Waals surface area contributed by atoms with Gasteiger partial charge in [-0.25, -0.2) is 15.0 Å². The van der Waals surface area contributed by atoms with Crippen LogP contribution in [0.3, 0.4) is 0 Å². The van der Waals surface area contributed by atoms with Gasteiger partial charge in [0.1, 0.15) is 17.2 Å². The zero-order valence-corrected chi connectivity index (χ0v) is 23.8. The quantitative estimate of drug-likeness (QED) is 0.216. The molecule has 0 radical (unpaired) electrons. The summed E-state index contributed by atoms with van der Waals surface area (Å²) in [6.45, 7) is 4.28. The summed E-state index contributed by atoms with van der Waals surface area (Å²) >= 11 is 1.33. The third-order valence-corrected chi connectivity index (χ3v) is 4.81. The summed E-state index contributed by atoms with van der Waals surface area (Å²) in [6.07, 6.45) is 14.7. The predicted octanol–water partition coefficient (Wildman–Crippen LogP) is 6.47. The van der Waals surface area contributed by atoms with Crippen LogP contribution in [0.15, 0.2) is 86.0 Å². The normalized spacial score (nSPS) is 9.30. The van der Waals surface area contributed by atoms with E-state index in [9.17, 15) is 0 Å². The molecule has 37 heavy (non-hydrogen) atoms. The fourth-order valence-corrected chi connectivity index (χ4v) is 3.15. The van der Waals surface area contributed by atoms with Crippen molar-refractivity contribution in [2.24, 2.45) is 21.1 Å². The van der Waals surface area contributed by atoms with Crippen LogP contribution in [0.25, 0.3) is 23.0 Å². The second kappa shape index (κ2) is 18.2. The van der Waals surface area contributed by atoms with E-state index >= 15 is 0 Å². The van der Waals surface area contributed by atoms with Gasteiger partial charge in [-0.1, -0.05) is 40.8 Å². The number of hydrogen-bond donors (Lipinski definition) is 0. The van der Waals surface area contributed by atoms with E-state index in [1.807, 2.05) is 96.0 Å². The Labute approximate surface area is 235 Å². The fourth-order valence-electron chi connectivity index (χ4n) is 3.15. The third kappa shape index (κ3) is 10.4. The monoisotopic (exact) mass is 701 g/mol. The van der Waals surface area contributed by atoms with Crippen LogP contribution in [0.1, 0.15) is 40.4 Å². The Balaban J connectivity index is 0.000000500. The van der Waals surface area contributed by atoms with E-state index in [0.717, 1.165) is 28.9 Å². The molecule has 0 atom stereocenters. The molecule has 8 nitrogen and oxygen atoms in total. The molecule has 0 amide bonds. The summed E-state index contributed by atoms with van der Waals surface area (Å²) in [7, 11) is 10.6. The fraction of sp³-hybridized carbons (Fsp3) is 0.296. The molecule has 0 fully saturated rings. The average molecular weight is 700 g/mol. The summed E-state index contributed by atoms with van der Waals surface area (Å²) in [5.74, 6) is 3.48. The minimum absolute atomic E-state index is 0. The number of imidazole rings is 3. The summed E-state index contributed by atoms with van der Waals surface area (Å²) in [6, 6.07) is 11.6. The Morgan fingerprint density at radius 1 is 0.595 bits per heavy atom. The molecule has 5 aromatic rings. The molecule has 201 valence electrons. The average Bonchev–Trinajstić information content (AvgIpc) is 3.63. The number of hydrogen-bond acceptors (Lipinski definition) is 5. The van der Waals surface area contributed by atoms with Crippen molar-refractivity contribution >= 4 is 9.64 Å². The minimum atomic E-state index is 0. The Morgan fingerprint density at radius 2 is 1.00 bits per heavy atom. The van der Waals surface area contributed by atoms with Gasteiger partial charge in [0.05, 0.1) is 0 Å². The second-order valence-electron chi connectivity index (χ2n) is 7.70. The van der Waals surface area contributed by atoms with E-state index in [4.69, 9.17) is 0 Å². The van der Waals surface area contributed by atoms with E-state index in [-0.39, 0.29) is 14.9 Å². The van der Waals surface area contributed by atoms with Gasteiger partial charge in [0.25, 0.3) is 0 Å². The van der Waals surface area contributed by atoms with E-state index in [2.05, 4.69) is 48.4 Å². The summed E-state index contributed by atoms with van der Waals surface area (Å²) in [5, 5.41) is 0. The van der Waals surface area contributed by atoms with Gasteiger partial charge in [-0.2, -0.15) is 0 Å². The SMILES string of the molecule is C.C.CC(C)c1nccn1C.Cn1ccnc1-c1ccccn1.Cn1ccnc1-c1ccccn1.[Cl][Os]. The molecular formula is C27H38ClN8Os. The van der Waals surface area contributed by atoms with Crippen molar-refractivity contribution in [1.29, 1.82) is 0 Å². The molecule has 0 aliphatic heterocycles. The van der Waals surface area contributed by atoms with Crippen molar-refractivity contribution in [3.8, 4) is 23.0 Å². The van der Waals surface area contributed by atoms with Crippen LogP contribution in [0.4, 0.5) is 0 Å². The standard InChI is InChI=1S/2C9H9N3.C7H12N2.2CH4.ClH.Os/c2*1-12-7-6-11-9(12)8-4-2-3-5-10-8;1-6(2)7-8-4-5-9(7)3;;;;/h2*2-7H,1H3;4-6H,1-3H3;2*1H4;1H;/q;;;;;;+1/p-1. The Bertz CT molecular complexity index is 1160. The summed E-state index contributed by atoms with van der Waals surface area (Å²) < 4.78 is 5.94. The first kappa shape index (κ1) is 33.9. The zero-order chi connectivity index (χ0) is 25.6. The summed E-state index contributed by atoms with van der Waals surface area (Å²) in [5.41, 5.74) is 1.81. The van der Waals surface area contributed by atoms with Gasteiger partial charge in [-0.15, -0.1) is 0 Å². The molecule has 5 aromatic heterocycles. The van der Waals surface area contributed by atoms with Crippen molar-refractivity contribution < 1.29 is 17.6 Å². The van der Waals surface area contributed by atoms with E-state index in [0.29, 0.717) is 5.92 Å². The van der Waals surface area contributed by atoms with Crippen molar-refractivity contribution in [3.63, 3.8) is 0 Å². The van der Waals surface area contributed by atoms with Gasteiger partial charge in [0, 0.05) is 76.6 Å². The maximum atomic E-state index is 4.67. The first-order chi connectivity index (χ1) is 17.0. The molecule has 5 heterocycles. The molecule has 0 bridgehead atoms. The number of halogens is 1. The van der Waals surface area contributed by atoms with Crippen LogP contribution in [0, 0.1) is 0 Å². The van der Waals surface area contributed by atoms with E-state index in [1.54, 1.807) is 24.8 Å². The van der Waals surface area contributed by atoms with Crippen LogP contribution in [-0.2, 0) is 38.7 Å². The zero-order valence-electron chi connectivity index (χ0n) is 20.5. The molecule has 0 aliphatic carbocycles. The first-order valence-electron chi connectivity index (χ1n) is 10.9. The van der Waals surface area contributed by atoms with Crippen LogP contribution in [-0.4, -0.2) is 38.6 Å². The number of nitrogens with zero attached hydrogens (tertiary/aromatic N) is 8. The Kier molecular flexibility index (Phi) is 16.6. The van der Waals surface area contributed by atoms with Crippen molar-refractivity contribution in [3.05, 3.63) is 91.8 Å². The topological polar surface area (TPSA) is 79.2 Å². The maximum absolute atomic E-state index is 4.67. The van der Waals surface area contributed by atoms with Gasteiger partial charge in [-0.05, 0) is 24.3 Å². The van der Waals surface area contributed by atoms with E-state index in [1.165, 1.54) is 17.6 Å². The Hall–Kier alpha value is -3.14. The molecule has 0 saturated heterocycles. The van der Waals surface area contributed by atoms with Crippen molar-refractivity contribution in [1.82, 2.24) is 38.6 Å². The first-order valence-corrected chi connectivity index (χ1v) is 14.0. The number of rotatable bonds is 3. The van der Waals surface area contributed by atoms with Crippen molar-refractivity contribution in [2.45, 2.75) is 34.6 Å². The third-order valence-electron chi connectivity index (χ3n) is 4.81. The number of aryl methyl sites for hydroxylation is 3. The van der Waals surface area contributed by atoms with Crippen LogP contribution in [0.2, 0.25) is 0 Å². The van der Waals surface area contributed by atoms with Crippen LogP contribution < -0.4 is 0 Å². The Morgan fingerprint density at radius 3 is 1.24 bits per heavy atom. The molecule has 5 rings (SSSR count). The molecule has 0 unspecified atom stereocenters. The molecule has 0 N–H and O–H groups in total. The van der Waals surface area contributed by atoms with Crippen LogP contribution in [0.5, 0.6) is 0 Å². The number of pyridine rings is 2. The van der Waals surface area contributed by atoms with Crippen molar-refractivity contribution in [2.75, 3.05) is 0 Å². The molecule has 0 aliphatic rings. The predicted molar refractivity (Wildman–Crippen MR) is 149 cm³/mol. The van der Waals surface area contributed by atoms with Gasteiger partial charge < -0.3 is 13.7 Å². The summed E-state index contributed by atoms with van der Waals surface area (Å²) in [4.78, 5) is 20.9. The van der Waals surface area contributed by atoms with Gasteiger partial charge in [-0.3, -0.25) is 9.97 Å². The molecular weight excluding hydrogens is 662 g/mol. The second-order valence-corrected chi connectivity index (χ2v) is 7.70. The number of aromatic nitrogens is 8. The van der Waals surface area contributed by atoms with E-state index < -0.39 is 0 Å². The van der Waals surface area contributed by atoms with Gasteiger partial charge >= 0.3 is 27.2 Å².